The second kappa shape index (κ2) is 8.20. The topological polar surface area (TPSA) is 106 Å². The van der Waals surface area contributed by atoms with Crippen molar-refractivity contribution >= 4 is 35.1 Å². The molecule has 0 bridgehead atoms. The summed E-state index contributed by atoms with van der Waals surface area (Å²) < 4.78 is 13.0. The number of benzene rings is 1. The van der Waals surface area contributed by atoms with Gasteiger partial charge < -0.3 is 16.4 Å². The van der Waals surface area contributed by atoms with E-state index in [-0.39, 0.29) is 5.82 Å². The van der Waals surface area contributed by atoms with Gasteiger partial charge in [-0.05, 0) is 35.9 Å². The molecule has 8 heteroatoms. The lowest BCUT2D eigenvalue weighted by molar-refractivity contribution is -0.134. The largest absolute Gasteiger partial charge is 0.368 e. The Morgan fingerprint density at radius 2 is 1.60 bits per heavy atom. The van der Waals surface area contributed by atoms with Crippen molar-refractivity contribution in [3.8, 4) is 10.4 Å². The molecule has 0 fully saturated rings. The second-order valence-electron chi connectivity index (χ2n) is 5.17. The number of carbonyl (C=O) groups is 3. The first-order chi connectivity index (χ1) is 11.8. The number of carbonyl (C=O) groups excluding carboxylic acids is 3. The summed E-state index contributed by atoms with van der Waals surface area (Å²) in [5.41, 5.74) is 11.0. The summed E-state index contributed by atoms with van der Waals surface area (Å²) >= 11 is 1.41. The summed E-state index contributed by atoms with van der Waals surface area (Å²) in [5, 5.41) is 0. The lowest BCUT2D eigenvalue weighted by atomic mass is 10.2. The van der Waals surface area contributed by atoms with Gasteiger partial charge in [0.1, 0.15) is 18.9 Å². The van der Waals surface area contributed by atoms with Gasteiger partial charge in [0, 0.05) is 15.8 Å². The molecule has 25 heavy (non-hydrogen) atoms. The Labute approximate surface area is 147 Å². The van der Waals surface area contributed by atoms with E-state index in [0.29, 0.717) is 0 Å². The van der Waals surface area contributed by atoms with Gasteiger partial charge in [-0.3, -0.25) is 14.4 Å². The molecule has 1 aromatic carbocycles. The zero-order chi connectivity index (χ0) is 18.4. The number of hydrogen-bond acceptors (Lipinski definition) is 4. The highest BCUT2D eigenvalue weighted by Gasteiger charge is 2.15. The van der Waals surface area contributed by atoms with Crippen LogP contribution in [0, 0.1) is 5.82 Å². The van der Waals surface area contributed by atoms with Crippen LogP contribution in [-0.2, 0) is 14.4 Å². The molecule has 130 valence electrons. The van der Waals surface area contributed by atoms with Gasteiger partial charge in [0.25, 0.3) is 0 Å². The standard InChI is InChI=1S/C17H16FN3O3S/c18-12-3-1-11(2-4-12)14-7-5-13(25-14)6-8-17(24)21(9-15(19)22)10-16(20)23/h1-8H,9-10H2,(H2,19,22)(H2,20,23)/b8-6+. The average Bonchev–Trinajstić information content (AvgIpc) is 3.00. The molecule has 0 spiro atoms. The van der Waals surface area contributed by atoms with Crippen LogP contribution in [-0.4, -0.2) is 35.7 Å². The predicted molar refractivity (Wildman–Crippen MR) is 93.7 cm³/mol. The van der Waals surface area contributed by atoms with Crippen molar-refractivity contribution in [1.29, 1.82) is 0 Å². The minimum absolute atomic E-state index is 0.310. The Morgan fingerprint density at radius 3 is 2.16 bits per heavy atom. The van der Waals surface area contributed by atoms with Gasteiger partial charge in [-0.2, -0.15) is 0 Å². The molecule has 0 aliphatic rings. The van der Waals surface area contributed by atoms with Crippen LogP contribution in [0.4, 0.5) is 4.39 Å². The molecule has 1 heterocycles. The van der Waals surface area contributed by atoms with Gasteiger partial charge >= 0.3 is 0 Å². The van der Waals surface area contributed by atoms with Gasteiger partial charge in [-0.1, -0.05) is 12.1 Å². The minimum atomic E-state index is -0.738. The van der Waals surface area contributed by atoms with E-state index in [1.807, 2.05) is 6.07 Å². The molecule has 3 amide bonds. The number of amides is 3. The maximum absolute atomic E-state index is 13.0. The minimum Gasteiger partial charge on any atom is -0.368 e. The fourth-order valence-corrected chi connectivity index (χ4v) is 2.97. The summed E-state index contributed by atoms with van der Waals surface area (Å²) in [7, 11) is 0. The van der Waals surface area contributed by atoms with E-state index in [9.17, 15) is 18.8 Å². The van der Waals surface area contributed by atoms with Crippen LogP contribution in [0.5, 0.6) is 0 Å². The van der Waals surface area contributed by atoms with E-state index in [0.717, 1.165) is 20.2 Å². The molecule has 0 saturated heterocycles. The molecule has 1 aromatic heterocycles. The molecule has 0 aliphatic heterocycles. The first-order valence-corrected chi connectivity index (χ1v) is 8.06. The molecule has 0 saturated carbocycles. The van der Waals surface area contributed by atoms with Crippen molar-refractivity contribution in [1.82, 2.24) is 4.90 Å². The van der Waals surface area contributed by atoms with Gasteiger partial charge in [0.2, 0.25) is 17.7 Å². The smallest absolute Gasteiger partial charge is 0.247 e. The average molecular weight is 361 g/mol. The van der Waals surface area contributed by atoms with Gasteiger partial charge in [0.15, 0.2) is 0 Å². The Balaban J connectivity index is 2.09. The maximum Gasteiger partial charge on any atom is 0.247 e. The van der Waals surface area contributed by atoms with Crippen LogP contribution < -0.4 is 11.5 Å². The Bertz CT molecular complexity index is 799. The third-order valence-corrected chi connectivity index (χ3v) is 4.25. The summed E-state index contributed by atoms with van der Waals surface area (Å²) in [6, 6.07) is 9.74. The van der Waals surface area contributed by atoms with Crippen molar-refractivity contribution in [2.45, 2.75) is 0 Å². The molecular formula is C17H16FN3O3S. The van der Waals surface area contributed by atoms with Crippen molar-refractivity contribution in [2.24, 2.45) is 11.5 Å². The molecule has 6 nitrogen and oxygen atoms in total. The second-order valence-corrected chi connectivity index (χ2v) is 6.28. The molecule has 2 rings (SSSR count). The van der Waals surface area contributed by atoms with Crippen molar-refractivity contribution < 1.29 is 18.8 Å². The number of hydrogen-bond donors (Lipinski definition) is 2. The third-order valence-electron chi connectivity index (χ3n) is 3.15. The molecule has 0 aliphatic carbocycles. The first kappa shape index (κ1) is 18.3. The van der Waals surface area contributed by atoms with E-state index in [1.54, 1.807) is 24.3 Å². The fourth-order valence-electron chi connectivity index (χ4n) is 2.06. The number of nitrogens with zero attached hydrogens (tertiary/aromatic N) is 1. The number of thiophene rings is 1. The first-order valence-electron chi connectivity index (χ1n) is 7.24. The predicted octanol–water partition coefficient (Wildman–Crippen LogP) is 1.37. The number of nitrogens with two attached hydrogens (primary N) is 2. The third kappa shape index (κ3) is 5.54. The van der Waals surface area contributed by atoms with Crippen LogP contribution in [0.1, 0.15) is 4.88 Å². The van der Waals surface area contributed by atoms with Crippen LogP contribution in [0.3, 0.4) is 0 Å². The highest BCUT2D eigenvalue weighted by molar-refractivity contribution is 7.16. The van der Waals surface area contributed by atoms with Crippen molar-refractivity contribution in [2.75, 3.05) is 13.1 Å². The van der Waals surface area contributed by atoms with E-state index < -0.39 is 30.8 Å². The Hall–Kier alpha value is -3.00. The number of primary amides is 2. The molecule has 0 atom stereocenters. The van der Waals surface area contributed by atoms with Crippen LogP contribution in [0.2, 0.25) is 0 Å². The van der Waals surface area contributed by atoms with E-state index >= 15 is 0 Å². The number of halogens is 1. The Kier molecular flexibility index (Phi) is 6.02. The van der Waals surface area contributed by atoms with Crippen LogP contribution >= 0.6 is 11.3 Å². The lowest BCUT2D eigenvalue weighted by Crippen LogP contribution is -2.42. The summed E-state index contributed by atoms with van der Waals surface area (Å²) in [5.74, 6) is -2.33. The SMILES string of the molecule is NC(=O)CN(CC(N)=O)C(=O)/C=C/c1ccc(-c2ccc(F)cc2)s1. The van der Waals surface area contributed by atoms with Gasteiger partial charge in [-0.15, -0.1) is 11.3 Å². The Morgan fingerprint density at radius 1 is 1.00 bits per heavy atom. The fraction of sp³-hybridized carbons (Fsp3) is 0.118. The monoisotopic (exact) mass is 361 g/mol. The van der Waals surface area contributed by atoms with Crippen LogP contribution in [0.25, 0.3) is 16.5 Å². The molecule has 4 N–H and O–H groups in total. The molecule has 2 aromatic rings. The summed E-state index contributed by atoms with van der Waals surface area (Å²) in [4.78, 5) is 36.7. The quantitative estimate of drug-likeness (QED) is 0.727. The molecule has 0 unspecified atom stereocenters. The van der Waals surface area contributed by atoms with Crippen molar-refractivity contribution in [3.05, 3.63) is 53.2 Å². The van der Waals surface area contributed by atoms with Gasteiger partial charge in [0.05, 0.1) is 0 Å². The normalized spacial score (nSPS) is 10.8. The highest BCUT2D eigenvalue weighted by Crippen LogP contribution is 2.28. The van der Waals surface area contributed by atoms with E-state index in [2.05, 4.69) is 0 Å². The highest BCUT2D eigenvalue weighted by atomic mass is 32.1. The summed E-state index contributed by atoms with van der Waals surface area (Å²) in [6.45, 7) is -0.783. The summed E-state index contributed by atoms with van der Waals surface area (Å²) in [6.07, 6.45) is 2.81. The van der Waals surface area contributed by atoms with Crippen LogP contribution in [0.15, 0.2) is 42.5 Å². The zero-order valence-electron chi connectivity index (χ0n) is 13.1. The zero-order valence-corrected chi connectivity index (χ0v) is 14.0. The lowest BCUT2D eigenvalue weighted by Gasteiger charge is -2.17. The maximum atomic E-state index is 13.0. The van der Waals surface area contributed by atoms with Crippen molar-refractivity contribution in [3.63, 3.8) is 0 Å². The van der Waals surface area contributed by atoms with Gasteiger partial charge in [-0.25, -0.2) is 4.39 Å². The van der Waals surface area contributed by atoms with E-state index in [4.69, 9.17) is 11.5 Å². The van der Waals surface area contributed by atoms with E-state index in [1.165, 1.54) is 29.5 Å². The molecule has 0 radical (unpaired) electrons. The molecular weight excluding hydrogens is 345 g/mol. The number of rotatable bonds is 7.